The molecule has 0 saturated heterocycles. The number of hydrogen-bond donors (Lipinski definition) is 0. The van der Waals surface area contributed by atoms with Crippen molar-refractivity contribution in [2.45, 2.75) is 47.1 Å². The molecule has 4 heteroatoms. The van der Waals surface area contributed by atoms with E-state index in [2.05, 4.69) is 115 Å². The summed E-state index contributed by atoms with van der Waals surface area (Å²) in [7, 11) is 0. The summed E-state index contributed by atoms with van der Waals surface area (Å²) in [4.78, 5) is 0. The van der Waals surface area contributed by atoms with Crippen LogP contribution < -0.4 is 9.13 Å². The van der Waals surface area contributed by atoms with Crippen molar-refractivity contribution in [3.05, 3.63) is 104 Å². The topological polar surface area (TPSA) is 17.6 Å². The first-order chi connectivity index (χ1) is 15.8. The van der Waals surface area contributed by atoms with Crippen LogP contribution in [0.2, 0.25) is 0 Å². The van der Waals surface area contributed by atoms with E-state index >= 15 is 0 Å². The molecule has 0 amide bonds. The molecule has 2 aromatic carbocycles. The molecule has 0 spiro atoms. The first kappa shape index (κ1) is 22.8. The normalized spacial score (nSPS) is 11.8. The number of benzene rings is 2. The highest BCUT2D eigenvalue weighted by molar-refractivity contribution is 5.35. The maximum atomic E-state index is 3.80. The van der Waals surface area contributed by atoms with Crippen LogP contribution in [-0.2, 0) is 19.4 Å². The Balaban J connectivity index is 1.39. The second-order valence-corrected chi connectivity index (χ2v) is 10.2. The van der Waals surface area contributed by atoms with E-state index in [4.69, 9.17) is 0 Å². The first-order valence-electron chi connectivity index (χ1n) is 11.8. The van der Waals surface area contributed by atoms with Crippen LogP contribution in [0.1, 0.15) is 38.8 Å². The zero-order chi connectivity index (χ0) is 23.4. The third kappa shape index (κ3) is 5.89. The van der Waals surface area contributed by atoms with E-state index in [1.165, 1.54) is 16.8 Å². The molecule has 4 nitrogen and oxygen atoms in total. The minimum atomic E-state index is 0.138. The maximum Gasteiger partial charge on any atom is 0.253 e. The van der Waals surface area contributed by atoms with E-state index < -0.39 is 0 Å². The summed E-state index contributed by atoms with van der Waals surface area (Å²) in [5.41, 5.74) is 5.25. The molecule has 2 aromatic heterocycles. The highest BCUT2D eigenvalue weighted by atomic mass is 15.1. The molecule has 0 bridgehead atoms. The van der Waals surface area contributed by atoms with Crippen LogP contribution in [0.25, 0.3) is 17.6 Å². The van der Waals surface area contributed by atoms with E-state index in [-0.39, 0.29) is 5.41 Å². The summed E-state index contributed by atoms with van der Waals surface area (Å²) in [5, 5.41) is 0. The molecule has 0 unspecified atom stereocenters. The Morgan fingerprint density at radius 2 is 1.42 bits per heavy atom. The van der Waals surface area contributed by atoms with Crippen molar-refractivity contribution < 1.29 is 9.13 Å². The van der Waals surface area contributed by atoms with Crippen LogP contribution in [0.5, 0.6) is 0 Å². The Bertz CT molecular complexity index is 1190. The summed E-state index contributed by atoms with van der Waals surface area (Å²) < 4.78 is 8.55. The van der Waals surface area contributed by atoms with Crippen molar-refractivity contribution in [1.82, 2.24) is 9.13 Å². The summed E-state index contributed by atoms with van der Waals surface area (Å²) >= 11 is 0. The van der Waals surface area contributed by atoms with Crippen LogP contribution in [0, 0.1) is 11.3 Å². The van der Waals surface area contributed by atoms with E-state index in [0.717, 1.165) is 25.1 Å². The Hall–Kier alpha value is -3.40. The Morgan fingerprint density at radius 3 is 2.00 bits per heavy atom. The van der Waals surface area contributed by atoms with Gasteiger partial charge in [0.1, 0.15) is 36.2 Å². The lowest BCUT2D eigenvalue weighted by molar-refractivity contribution is -0.708. The molecular weight excluding hydrogens is 404 g/mol. The Kier molecular flexibility index (Phi) is 6.64. The predicted molar refractivity (Wildman–Crippen MR) is 134 cm³/mol. The number of nitrogens with zero attached hydrogens (tertiary/aromatic N) is 4. The zero-order valence-electron chi connectivity index (χ0n) is 20.4. The summed E-state index contributed by atoms with van der Waals surface area (Å²) in [6.45, 7) is 14.0. The average Bonchev–Trinajstić information content (AvgIpc) is 3.43. The third-order valence-electron chi connectivity index (χ3n) is 5.97. The van der Waals surface area contributed by atoms with Gasteiger partial charge in [0.15, 0.2) is 0 Å². The molecule has 0 aliphatic heterocycles. The third-order valence-corrected chi connectivity index (χ3v) is 5.97. The molecule has 0 aliphatic rings. The maximum absolute atomic E-state index is 3.80. The van der Waals surface area contributed by atoms with Gasteiger partial charge in [0.05, 0.1) is 12.7 Å². The van der Waals surface area contributed by atoms with Gasteiger partial charge >= 0.3 is 0 Å². The Labute approximate surface area is 198 Å². The lowest BCUT2D eigenvalue weighted by Crippen LogP contribution is -2.40. The van der Waals surface area contributed by atoms with Gasteiger partial charge in [-0.1, -0.05) is 58.5 Å². The van der Waals surface area contributed by atoms with Gasteiger partial charge in [-0.2, -0.15) is 0 Å². The molecule has 4 aromatic rings. The molecular formula is C29H36N4+2. The first-order valence-corrected chi connectivity index (χ1v) is 11.8. The number of hydrogen-bond acceptors (Lipinski definition) is 0. The largest absolute Gasteiger partial charge is 0.253 e. The fourth-order valence-corrected chi connectivity index (χ4v) is 4.43. The van der Waals surface area contributed by atoms with Crippen molar-refractivity contribution in [3.63, 3.8) is 0 Å². The monoisotopic (exact) mass is 440 g/mol. The van der Waals surface area contributed by atoms with Crippen LogP contribution in [0.15, 0.2) is 92.6 Å². The van der Waals surface area contributed by atoms with E-state index in [9.17, 15) is 0 Å². The van der Waals surface area contributed by atoms with Crippen molar-refractivity contribution in [2.24, 2.45) is 11.3 Å². The molecule has 33 heavy (non-hydrogen) atoms. The van der Waals surface area contributed by atoms with Gasteiger partial charge in [0.25, 0.3) is 6.33 Å². The molecule has 0 radical (unpaired) electrons. The van der Waals surface area contributed by atoms with Crippen LogP contribution in [0.3, 0.4) is 0 Å². The lowest BCUT2D eigenvalue weighted by atomic mass is 9.85. The zero-order valence-corrected chi connectivity index (χ0v) is 20.4. The summed E-state index contributed by atoms with van der Waals surface area (Å²) in [5.74, 6) is 0.682. The van der Waals surface area contributed by atoms with E-state index in [0.29, 0.717) is 5.92 Å². The Morgan fingerprint density at radius 1 is 0.848 bits per heavy atom. The standard InChI is InChI=1S/C29H36N4/c1-6-30-15-17-32(22-30)28-13-9-26(10-14-28)20-29(4,5)21-31-16-18-33(23-31)27-11-7-25(8-12-27)19-24(2)3/h6-18,22-24H,1,19-21H2,2-5H3/q+2. The minimum absolute atomic E-state index is 0.138. The fraction of sp³-hybridized carbons (Fsp3) is 0.310. The van der Waals surface area contributed by atoms with Crippen molar-refractivity contribution >= 4 is 6.20 Å². The molecule has 0 aliphatic carbocycles. The van der Waals surface area contributed by atoms with Gasteiger partial charge in [0.2, 0.25) is 6.33 Å². The lowest BCUT2D eigenvalue weighted by Gasteiger charge is -2.22. The van der Waals surface area contributed by atoms with Gasteiger partial charge in [-0.25, -0.2) is 18.3 Å². The quantitative estimate of drug-likeness (QED) is 0.310. The van der Waals surface area contributed by atoms with Crippen molar-refractivity contribution in [2.75, 3.05) is 0 Å². The van der Waals surface area contributed by atoms with Gasteiger partial charge in [-0.15, -0.1) is 0 Å². The summed E-state index contributed by atoms with van der Waals surface area (Å²) in [6.07, 6.45) is 16.5. The smallest absolute Gasteiger partial charge is 0.236 e. The summed E-state index contributed by atoms with van der Waals surface area (Å²) in [6, 6.07) is 17.8. The number of rotatable bonds is 9. The van der Waals surface area contributed by atoms with Gasteiger partial charge in [-0.05, 0) is 54.2 Å². The second kappa shape index (κ2) is 9.62. The number of imidazole rings is 2. The second-order valence-electron chi connectivity index (χ2n) is 10.2. The molecule has 2 heterocycles. The van der Waals surface area contributed by atoms with Crippen LogP contribution >= 0.6 is 0 Å². The van der Waals surface area contributed by atoms with Gasteiger partial charge < -0.3 is 0 Å². The fourth-order valence-electron chi connectivity index (χ4n) is 4.43. The van der Waals surface area contributed by atoms with Crippen LogP contribution in [-0.4, -0.2) is 9.13 Å². The minimum Gasteiger partial charge on any atom is -0.236 e. The highest BCUT2D eigenvalue weighted by Gasteiger charge is 2.23. The molecule has 170 valence electrons. The van der Waals surface area contributed by atoms with Crippen LogP contribution in [0.4, 0.5) is 0 Å². The van der Waals surface area contributed by atoms with Gasteiger partial charge in [-0.3, -0.25) is 0 Å². The molecule has 0 saturated carbocycles. The van der Waals surface area contributed by atoms with Crippen molar-refractivity contribution in [1.29, 1.82) is 0 Å². The van der Waals surface area contributed by atoms with E-state index in [1.54, 1.807) is 6.20 Å². The van der Waals surface area contributed by atoms with Crippen molar-refractivity contribution in [3.8, 4) is 11.4 Å². The average molecular weight is 441 g/mol. The predicted octanol–water partition coefficient (Wildman–Crippen LogP) is 5.41. The van der Waals surface area contributed by atoms with E-state index in [1.807, 2.05) is 23.3 Å². The van der Waals surface area contributed by atoms with Gasteiger partial charge in [0, 0.05) is 5.41 Å². The number of aromatic nitrogens is 4. The SMILES string of the molecule is C=C[n+]1ccn(-c2ccc(CC(C)(C)C[n+]3ccn(-c4ccc(CC(C)C)cc4)c3)cc2)c1. The molecule has 0 atom stereocenters. The molecule has 4 rings (SSSR count). The highest BCUT2D eigenvalue weighted by Crippen LogP contribution is 2.23. The molecule has 0 fully saturated rings. The molecule has 0 N–H and O–H groups in total.